The van der Waals surface area contributed by atoms with E-state index in [2.05, 4.69) is 11.0 Å². The van der Waals surface area contributed by atoms with Crippen LogP contribution < -0.4 is 4.90 Å². The van der Waals surface area contributed by atoms with Crippen molar-refractivity contribution in [3.05, 3.63) is 35.9 Å². The molecule has 230 valence electrons. The Morgan fingerprint density at radius 3 is 2.30 bits per heavy atom. The number of sulfone groups is 1. The van der Waals surface area contributed by atoms with E-state index in [9.17, 15) is 27.3 Å². The topological polar surface area (TPSA) is 104 Å². The zero-order valence-electron chi connectivity index (χ0n) is 24.4. The highest BCUT2D eigenvalue weighted by Gasteiger charge is 2.57. The summed E-state index contributed by atoms with van der Waals surface area (Å²) in [6, 6.07) is 10.2. The van der Waals surface area contributed by atoms with Crippen LogP contribution in [0.5, 0.6) is 0 Å². The highest BCUT2D eigenvalue weighted by atomic mass is 32.2. The van der Waals surface area contributed by atoms with Gasteiger partial charge in [-0.05, 0) is 63.5 Å². The number of rotatable bonds is 7. The third kappa shape index (κ3) is 5.40. The molecule has 4 saturated carbocycles. The molecule has 2 heterocycles. The number of nitriles is 1. The molecule has 43 heavy (non-hydrogen) atoms. The molecular formula is C33H39F2N3O4S. The summed E-state index contributed by atoms with van der Waals surface area (Å²) in [5.41, 5.74) is 1.95. The molecule has 0 amide bonds. The van der Waals surface area contributed by atoms with Crippen LogP contribution in [0.2, 0.25) is 0 Å². The predicted molar refractivity (Wildman–Crippen MR) is 158 cm³/mol. The van der Waals surface area contributed by atoms with Gasteiger partial charge in [0.15, 0.2) is 15.7 Å². The maximum absolute atomic E-state index is 14.8. The first kappa shape index (κ1) is 28.9. The van der Waals surface area contributed by atoms with Crippen molar-refractivity contribution in [3.8, 4) is 17.3 Å². The number of hydrogen-bond acceptors (Lipinski definition) is 7. The Hall–Kier alpha value is -2.80. The van der Waals surface area contributed by atoms with Crippen LogP contribution in [-0.4, -0.2) is 49.7 Å². The summed E-state index contributed by atoms with van der Waals surface area (Å²) in [6.07, 6.45) is 7.05. The van der Waals surface area contributed by atoms with Gasteiger partial charge in [-0.15, -0.1) is 0 Å². The Bertz CT molecular complexity index is 1510. The van der Waals surface area contributed by atoms with Crippen molar-refractivity contribution in [2.24, 2.45) is 23.2 Å². The van der Waals surface area contributed by atoms with Crippen molar-refractivity contribution >= 4 is 21.3 Å². The molecule has 2 aromatic rings. The van der Waals surface area contributed by atoms with E-state index in [1.807, 2.05) is 24.3 Å². The number of benzene rings is 1. The molecule has 1 aliphatic heterocycles. The molecule has 5 aliphatic rings. The van der Waals surface area contributed by atoms with E-state index in [1.54, 1.807) is 0 Å². The van der Waals surface area contributed by atoms with Crippen LogP contribution in [0.4, 0.5) is 14.5 Å². The Morgan fingerprint density at radius 2 is 1.67 bits per heavy atom. The number of hydrogen-bond donors (Lipinski definition) is 0. The molecule has 4 aliphatic carbocycles. The predicted octanol–water partition coefficient (Wildman–Crippen LogP) is 6.65. The fourth-order valence-corrected chi connectivity index (χ4v) is 9.41. The Morgan fingerprint density at radius 1 is 1.02 bits per heavy atom. The number of oxazole rings is 1. The zero-order valence-corrected chi connectivity index (χ0v) is 25.3. The van der Waals surface area contributed by atoms with E-state index in [-0.39, 0.29) is 41.5 Å². The fourth-order valence-electron chi connectivity index (χ4n) is 8.21. The second kappa shape index (κ2) is 10.7. The number of carbonyl (C=O) groups excluding carboxylic acids is 1. The largest absolute Gasteiger partial charge is 0.444 e. The van der Waals surface area contributed by atoms with E-state index < -0.39 is 33.0 Å². The van der Waals surface area contributed by atoms with Crippen LogP contribution in [-0.2, 0) is 14.6 Å². The molecule has 7 nitrogen and oxygen atoms in total. The van der Waals surface area contributed by atoms with Gasteiger partial charge in [0.05, 0.1) is 23.0 Å². The fraction of sp³-hybridized carbons (Fsp3) is 0.667. The van der Waals surface area contributed by atoms with Crippen LogP contribution in [0.1, 0.15) is 94.1 Å². The van der Waals surface area contributed by atoms with Gasteiger partial charge in [0, 0.05) is 60.4 Å². The molecule has 1 aromatic heterocycles. The average molecular weight is 612 g/mol. The lowest BCUT2D eigenvalue weighted by Crippen LogP contribution is -2.40. The zero-order chi connectivity index (χ0) is 30.0. The lowest BCUT2D eigenvalue weighted by molar-refractivity contribution is -0.125. The van der Waals surface area contributed by atoms with Crippen molar-refractivity contribution in [2.75, 3.05) is 29.5 Å². The Kier molecular flexibility index (Phi) is 7.19. The van der Waals surface area contributed by atoms with Gasteiger partial charge in [-0.3, -0.25) is 4.79 Å². The van der Waals surface area contributed by atoms with E-state index in [4.69, 9.17) is 9.40 Å². The van der Waals surface area contributed by atoms with Crippen molar-refractivity contribution in [1.82, 2.24) is 4.98 Å². The quantitative estimate of drug-likeness (QED) is 0.345. The average Bonchev–Trinajstić information content (AvgIpc) is 3.63. The maximum Gasteiger partial charge on any atom is 0.253 e. The summed E-state index contributed by atoms with van der Waals surface area (Å²) in [5.74, 6) is -2.92. The number of halogens is 2. The minimum absolute atomic E-state index is 0.124. The van der Waals surface area contributed by atoms with E-state index in [1.165, 1.54) is 0 Å². The number of ketones is 1. The Balaban J connectivity index is 1.21. The number of anilines is 1. The third-order valence-electron chi connectivity index (χ3n) is 11.1. The van der Waals surface area contributed by atoms with Crippen LogP contribution >= 0.6 is 0 Å². The summed E-state index contributed by atoms with van der Waals surface area (Å²) in [6.45, 7) is 0.900. The van der Waals surface area contributed by atoms with Gasteiger partial charge in [-0.25, -0.2) is 22.2 Å². The first-order valence-electron chi connectivity index (χ1n) is 16.0. The SMILES string of the molecule is N#CC1(CC(=O)[C@@H]2CCCC[C@H]2c2oc(C3CC4CCC(C3)C4(F)F)nc2-c2ccc(N3CCS(=O)(=O)CC3)cc2)CC1. The van der Waals surface area contributed by atoms with Crippen LogP contribution in [0.15, 0.2) is 28.7 Å². The number of alkyl halides is 2. The maximum atomic E-state index is 14.8. The summed E-state index contributed by atoms with van der Waals surface area (Å²) >= 11 is 0. The highest BCUT2D eigenvalue weighted by molar-refractivity contribution is 7.91. The molecule has 2 bridgehead atoms. The van der Waals surface area contributed by atoms with Gasteiger partial charge in [0.2, 0.25) is 0 Å². The second-order valence-corrected chi connectivity index (χ2v) is 16.1. The molecular weight excluding hydrogens is 572 g/mol. The van der Waals surface area contributed by atoms with Crippen molar-refractivity contribution in [2.45, 2.75) is 88.4 Å². The van der Waals surface area contributed by atoms with Gasteiger partial charge in [0.1, 0.15) is 17.2 Å². The molecule has 0 N–H and O–H groups in total. The summed E-state index contributed by atoms with van der Waals surface area (Å²) in [4.78, 5) is 20.7. The molecule has 1 saturated heterocycles. The standard InChI is InChI=1S/C33H39F2N3O4S/c34-33(35)23-7-8-24(33)18-22(17-23)31-37-29(21-5-9-25(10-6-21)38-13-15-43(40,41)16-14-38)30(42-31)27-4-2-1-3-26(27)28(39)19-32(20-36)11-12-32/h5-6,9-10,22-24,26-27H,1-4,7-8,11-19H2/t22?,23?,24?,26-,27-/m1/s1. The molecule has 5 fully saturated rings. The van der Waals surface area contributed by atoms with Crippen molar-refractivity contribution < 1.29 is 26.4 Å². The molecule has 10 heteroatoms. The normalized spacial score (nSPS) is 32.2. The second-order valence-electron chi connectivity index (χ2n) is 13.8. The molecule has 4 atom stereocenters. The smallest absolute Gasteiger partial charge is 0.253 e. The van der Waals surface area contributed by atoms with Gasteiger partial charge in [0.25, 0.3) is 5.92 Å². The van der Waals surface area contributed by atoms with Gasteiger partial charge >= 0.3 is 0 Å². The van der Waals surface area contributed by atoms with E-state index >= 15 is 0 Å². The van der Waals surface area contributed by atoms with Crippen LogP contribution in [0.25, 0.3) is 11.3 Å². The number of fused-ring (bicyclic) bond motifs is 2. The van der Waals surface area contributed by atoms with Gasteiger partial charge in [-0.2, -0.15) is 5.26 Å². The van der Waals surface area contributed by atoms with Crippen LogP contribution in [0, 0.1) is 34.5 Å². The monoisotopic (exact) mass is 611 g/mol. The van der Waals surface area contributed by atoms with Crippen molar-refractivity contribution in [1.29, 1.82) is 5.26 Å². The third-order valence-corrected chi connectivity index (χ3v) is 12.7. The lowest BCUT2D eigenvalue weighted by atomic mass is 9.73. The summed E-state index contributed by atoms with van der Waals surface area (Å²) < 4.78 is 60.0. The van der Waals surface area contributed by atoms with Gasteiger partial charge < -0.3 is 9.32 Å². The molecule has 7 rings (SSSR count). The first-order valence-corrected chi connectivity index (χ1v) is 17.8. The highest BCUT2D eigenvalue weighted by Crippen LogP contribution is 2.57. The Labute approximate surface area is 252 Å². The van der Waals surface area contributed by atoms with Crippen molar-refractivity contribution in [3.63, 3.8) is 0 Å². The number of Topliss-reactive ketones (excluding diaryl/α,β-unsaturated/α-hetero) is 1. The van der Waals surface area contributed by atoms with Gasteiger partial charge in [-0.1, -0.05) is 25.0 Å². The number of aromatic nitrogens is 1. The van der Waals surface area contributed by atoms with E-state index in [0.29, 0.717) is 56.1 Å². The molecule has 0 radical (unpaired) electrons. The lowest BCUT2D eigenvalue weighted by Gasteiger charge is -2.33. The van der Waals surface area contributed by atoms with Crippen LogP contribution in [0.3, 0.4) is 0 Å². The number of carbonyl (C=O) groups is 1. The number of nitrogens with zero attached hydrogens (tertiary/aromatic N) is 3. The molecule has 0 spiro atoms. The minimum Gasteiger partial charge on any atom is -0.444 e. The summed E-state index contributed by atoms with van der Waals surface area (Å²) in [7, 11) is -2.99. The van der Waals surface area contributed by atoms with E-state index in [0.717, 1.165) is 49.8 Å². The molecule has 2 unspecified atom stereocenters. The summed E-state index contributed by atoms with van der Waals surface area (Å²) in [5, 5.41) is 9.64. The minimum atomic E-state index is -2.99. The molecule has 1 aromatic carbocycles. The first-order chi connectivity index (χ1) is 20.6.